The maximum atomic E-state index is 11.7. The molecule has 0 bridgehead atoms. The van der Waals surface area contributed by atoms with Crippen LogP contribution < -0.4 is 0 Å². The van der Waals surface area contributed by atoms with Crippen LogP contribution in [0.1, 0.15) is 52.9 Å². The number of rotatable bonds is 10. The van der Waals surface area contributed by atoms with E-state index in [1.54, 1.807) is 6.92 Å². The van der Waals surface area contributed by atoms with Gasteiger partial charge in [0.2, 0.25) is 0 Å². The Bertz CT molecular complexity index is 283. The van der Waals surface area contributed by atoms with Gasteiger partial charge >= 0.3 is 14.7 Å². The Kier molecular flexibility index (Phi) is 8.86. The molecule has 0 spiro atoms. The lowest BCUT2D eigenvalue weighted by Gasteiger charge is -2.33. The molecule has 0 unspecified atom stereocenters. The van der Waals surface area contributed by atoms with Crippen LogP contribution in [0.25, 0.3) is 0 Å². The molecule has 0 aliphatic rings. The Morgan fingerprint density at radius 3 is 2.17 bits per heavy atom. The van der Waals surface area contributed by atoms with Crippen LogP contribution in [0.5, 0.6) is 0 Å². The van der Waals surface area contributed by atoms with Crippen molar-refractivity contribution in [1.82, 2.24) is 0 Å². The summed E-state index contributed by atoms with van der Waals surface area (Å²) >= 11 is 0. The Labute approximate surface area is 111 Å². The van der Waals surface area contributed by atoms with Crippen molar-refractivity contribution in [3.63, 3.8) is 0 Å². The lowest BCUT2D eigenvalue weighted by molar-refractivity contribution is -0.158. The van der Waals surface area contributed by atoms with Gasteiger partial charge in [0.05, 0.1) is 6.61 Å². The summed E-state index contributed by atoms with van der Waals surface area (Å²) < 4.78 is 20.7. The highest BCUT2D eigenvalue weighted by Crippen LogP contribution is 2.29. The second-order valence-corrected chi connectivity index (χ2v) is 4.92. The summed E-state index contributed by atoms with van der Waals surface area (Å²) in [7, 11) is -0.337. The van der Waals surface area contributed by atoms with E-state index in [9.17, 15) is 9.36 Å². The Balaban J connectivity index is 4.76. The summed E-state index contributed by atoms with van der Waals surface area (Å²) in [4.78, 5) is 11.7. The Morgan fingerprint density at radius 1 is 1.22 bits per heavy atom. The van der Waals surface area contributed by atoms with Gasteiger partial charge in [-0.25, -0.2) is 9.36 Å². The van der Waals surface area contributed by atoms with Gasteiger partial charge in [-0.15, -0.1) is 0 Å². The van der Waals surface area contributed by atoms with Gasteiger partial charge in [-0.2, -0.15) is 0 Å². The molecule has 0 aliphatic heterocycles. The molecule has 0 amide bonds. The molecule has 104 valence electrons. The van der Waals surface area contributed by atoms with E-state index < -0.39 is 5.60 Å². The third-order valence-corrected chi connectivity index (χ3v) is 3.06. The molecule has 4 nitrogen and oxygen atoms in total. The fraction of sp³-hybridized carbons (Fsp3) is 0.769. The lowest BCUT2D eigenvalue weighted by atomic mass is 9.89. The van der Waals surface area contributed by atoms with E-state index in [1.165, 1.54) is 0 Å². The average molecular weight is 274 g/mol. The van der Waals surface area contributed by atoms with Crippen molar-refractivity contribution in [3.05, 3.63) is 12.2 Å². The molecule has 0 atom stereocenters. The van der Waals surface area contributed by atoms with Crippen LogP contribution in [0.4, 0.5) is 0 Å². The summed E-state index contributed by atoms with van der Waals surface area (Å²) in [6, 6.07) is 0. The molecule has 0 aromatic carbocycles. The minimum atomic E-state index is -0.524. The molecule has 0 fully saturated rings. The van der Waals surface area contributed by atoms with Gasteiger partial charge in [0.1, 0.15) is 5.60 Å². The third-order valence-electron chi connectivity index (χ3n) is 2.77. The minimum Gasteiger partial charge on any atom is -0.456 e. The summed E-state index contributed by atoms with van der Waals surface area (Å²) in [5, 5.41) is 0. The molecule has 0 aromatic heterocycles. The number of carbonyl (C=O) groups excluding carboxylic acids is 1. The van der Waals surface area contributed by atoms with Crippen molar-refractivity contribution < 1.29 is 18.6 Å². The molecule has 0 saturated carbocycles. The van der Waals surface area contributed by atoms with Crippen molar-refractivity contribution in [2.75, 3.05) is 6.61 Å². The van der Waals surface area contributed by atoms with Gasteiger partial charge in [-0.3, -0.25) is 4.52 Å². The molecular formula is C13H23O4P. The first-order chi connectivity index (χ1) is 8.51. The fourth-order valence-corrected chi connectivity index (χ4v) is 2.16. The molecule has 18 heavy (non-hydrogen) atoms. The Hall–Kier alpha value is -0.730. The molecule has 0 rings (SSSR count). The standard InChI is InChI=1S/C13H23O4P/c1-5-7-13(8-6-2,9-10-16-18-15)17-12(14)11(3)4/h3,5-10H2,1-2,4H3. The van der Waals surface area contributed by atoms with Gasteiger partial charge in [-0.05, 0) is 19.8 Å². The monoisotopic (exact) mass is 274 g/mol. The molecular weight excluding hydrogens is 251 g/mol. The lowest BCUT2D eigenvalue weighted by Crippen LogP contribution is -2.36. The summed E-state index contributed by atoms with van der Waals surface area (Å²) in [5.41, 5.74) is -0.126. The number of carbonyl (C=O) groups is 1. The largest absolute Gasteiger partial charge is 0.456 e. The van der Waals surface area contributed by atoms with E-state index in [4.69, 9.17) is 9.26 Å². The van der Waals surface area contributed by atoms with E-state index in [-0.39, 0.29) is 14.7 Å². The van der Waals surface area contributed by atoms with Crippen molar-refractivity contribution in [2.24, 2.45) is 0 Å². The van der Waals surface area contributed by atoms with Gasteiger partial charge in [0.25, 0.3) is 0 Å². The van der Waals surface area contributed by atoms with Crippen LogP contribution in [-0.4, -0.2) is 18.2 Å². The second-order valence-electron chi connectivity index (χ2n) is 4.51. The number of hydrogen-bond acceptors (Lipinski definition) is 4. The maximum Gasteiger partial charge on any atom is 0.333 e. The molecule has 0 N–H and O–H groups in total. The Morgan fingerprint density at radius 2 is 1.78 bits per heavy atom. The van der Waals surface area contributed by atoms with E-state index in [2.05, 4.69) is 6.58 Å². The van der Waals surface area contributed by atoms with Crippen molar-refractivity contribution in [2.45, 2.75) is 58.5 Å². The smallest absolute Gasteiger partial charge is 0.333 e. The first-order valence-corrected chi connectivity index (χ1v) is 7.07. The normalized spacial score (nSPS) is 11.5. The highest BCUT2D eigenvalue weighted by Gasteiger charge is 2.32. The highest BCUT2D eigenvalue weighted by atomic mass is 31.1. The van der Waals surface area contributed by atoms with Crippen LogP contribution in [-0.2, 0) is 18.6 Å². The van der Waals surface area contributed by atoms with Crippen molar-refractivity contribution >= 4 is 14.7 Å². The van der Waals surface area contributed by atoms with E-state index >= 15 is 0 Å². The summed E-state index contributed by atoms with van der Waals surface area (Å²) in [6.45, 7) is 9.64. The predicted molar refractivity (Wildman–Crippen MR) is 71.6 cm³/mol. The van der Waals surface area contributed by atoms with Gasteiger partial charge in [0, 0.05) is 12.0 Å². The topological polar surface area (TPSA) is 52.6 Å². The number of ether oxygens (including phenoxy) is 1. The zero-order chi connectivity index (χ0) is 14.0. The van der Waals surface area contributed by atoms with E-state index in [0.29, 0.717) is 18.6 Å². The molecule has 0 aliphatic carbocycles. The zero-order valence-electron chi connectivity index (χ0n) is 11.5. The summed E-state index contributed by atoms with van der Waals surface area (Å²) in [5.74, 6) is -0.364. The van der Waals surface area contributed by atoms with Crippen LogP contribution >= 0.6 is 8.69 Å². The average Bonchev–Trinajstić information content (AvgIpc) is 2.29. The second kappa shape index (κ2) is 9.23. The molecule has 0 aromatic rings. The van der Waals surface area contributed by atoms with Crippen LogP contribution in [0, 0.1) is 0 Å². The third kappa shape index (κ3) is 6.27. The molecule has 0 radical (unpaired) electrons. The maximum absolute atomic E-state index is 11.7. The van der Waals surface area contributed by atoms with Crippen molar-refractivity contribution in [3.8, 4) is 0 Å². The van der Waals surface area contributed by atoms with E-state index in [1.807, 2.05) is 13.8 Å². The number of esters is 1. The number of hydrogen-bond donors (Lipinski definition) is 0. The van der Waals surface area contributed by atoms with Crippen LogP contribution in [0.2, 0.25) is 0 Å². The molecule has 0 saturated heterocycles. The van der Waals surface area contributed by atoms with Crippen LogP contribution in [0.3, 0.4) is 0 Å². The molecule has 5 heteroatoms. The summed E-state index contributed by atoms with van der Waals surface area (Å²) in [6.07, 6.45) is 3.94. The highest BCUT2D eigenvalue weighted by molar-refractivity contribution is 7.17. The quantitative estimate of drug-likeness (QED) is 0.261. The van der Waals surface area contributed by atoms with Gasteiger partial charge in [-0.1, -0.05) is 33.3 Å². The first-order valence-electron chi connectivity index (χ1n) is 6.34. The molecule has 0 heterocycles. The SMILES string of the molecule is C=C(C)C(=O)OC(CCC)(CCC)CCOP=O. The van der Waals surface area contributed by atoms with Gasteiger partial charge in [0.15, 0.2) is 0 Å². The minimum absolute atomic E-state index is 0.314. The fourth-order valence-electron chi connectivity index (χ4n) is 1.99. The van der Waals surface area contributed by atoms with Crippen molar-refractivity contribution in [1.29, 1.82) is 0 Å². The first kappa shape index (κ1) is 17.3. The zero-order valence-corrected chi connectivity index (χ0v) is 12.4. The predicted octanol–water partition coefficient (Wildman–Crippen LogP) is 4.06. The van der Waals surface area contributed by atoms with E-state index in [0.717, 1.165) is 25.7 Å². The van der Waals surface area contributed by atoms with Gasteiger partial charge < -0.3 is 4.74 Å². The van der Waals surface area contributed by atoms with Crippen LogP contribution in [0.15, 0.2) is 12.2 Å².